The first kappa shape index (κ1) is 18.1. The summed E-state index contributed by atoms with van der Waals surface area (Å²) in [5.74, 6) is -0.300. The Balaban J connectivity index is 1.52. The Morgan fingerprint density at radius 2 is 1.92 bits per heavy atom. The highest BCUT2D eigenvalue weighted by molar-refractivity contribution is 7.80. The first-order chi connectivity index (χ1) is 12.0. The molecule has 3 rings (SSSR count). The number of hydrogen-bond acceptors (Lipinski definition) is 2. The highest BCUT2D eigenvalue weighted by atomic mass is 35.5. The molecule has 1 N–H and O–H groups in total. The van der Waals surface area contributed by atoms with Crippen LogP contribution in [-0.4, -0.2) is 41.1 Å². The van der Waals surface area contributed by atoms with Crippen molar-refractivity contribution in [1.29, 1.82) is 0 Å². The van der Waals surface area contributed by atoms with Gasteiger partial charge in [0.1, 0.15) is 5.82 Å². The van der Waals surface area contributed by atoms with E-state index in [1.807, 2.05) is 12.1 Å². The summed E-state index contributed by atoms with van der Waals surface area (Å²) < 4.78 is 13.1. The number of benzene rings is 2. The molecule has 1 aliphatic heterocycles. The molecule has 1 fully saturated rings. The van der Waals surface area contributed by atoms with E-state index in [2.05, 4.69) is 34.2 Å². The van der Waals surface area contributed by atoms with Crippen LogP contribution in [0.4, 0.5) is 10.1 Å². The van der Waals surface area contributed by atoms with Gasteiger partial charge in [0.2, 0.25) is 0 Å². The third-order valence-corrected chi connectivity index (χ3v) is 5.05. The van der Waals surface area contributed by atoms with E-state index in [0.29, 0.717) is 5.02 Å². The highest BCUT2D eigenvalue weighted by Crippen LogP contribution is 2.20. The topological polar surface area (TPSA) is 18.5 Å². The molecule has 0 aliphatic carbocycles. The SMILES string of the molecule is Cc1cccc(NC(=S)N2CCN(Cc3ccc(F)cc3Cl)CC2)c1. The fraction of sp³-hybridized carbons (Fsp3) is 0.316. The van der Waals surface area contributed by atoms with Gasteiger partial charge in [0.25, 0.3) is 0 Å². The summed E-state index contributed by atoms with van der Waals surface area (Å²) in [6.45, 7) is 6.29. The largest absolute Gasteiger partial charge is 0.346 e. The van der Waals surface area contributed by atoms with Crippen LogP contribution >= 0.6 is 23.8 Å². The summed E-state index contributed by atoms with van der Waals surface area (Å²) in [5.41, 5.74) is 3.18. The first-order valence-corrected chi connectivity index (χ1v) is 9.09. The van der Waals surface area contributed by atoms with E-state index >= 15 is 0 Å². The second kappa shape index (κ2) is 8.13. The third kappa shape index (κ3) is 4.91. The van der Waals surface area contributed by atoms with Crippen LogP contribution in [0.2, 0.25) is 5.02 Å². The molecule has 6 heteroatoms. The standard InChI is InChI=1S/C19H21ClFN3S/c1-14-3-2-4-17(11-14)22-19(25)24-9-7-23(8-10-24)13-15-5-6-16(21)12-18(15)20/h2-6,11-12H,7-10,13H2,1H3,(H,22,25). The van der Waals surface area contributed by atoms with Gasteiger partial charge in [-0.15, -0.1) is 0 Å². The van der Waals surface area contributed by atoms with E-state index < -0.39 is 0 Å². The lowest BCUT2D eigenvalue weighted by Gasteiger charge is -2.36. The minimum atomic E-state index is -0.300. The number of nitrogens with one attached hydrogen (secondary N) is 1. The Bertz CT molecular complexity index is 760. The van der Waals surface area contributed by atoms with Crippen LogP contribution in [0, 0.1) is 12.7 Å². The predicted molar refractivity (Wildman–Crippen MR) is 106 cm³/mol. The normalized spacial score (nSPS) is 15.2. The van der Waals surface area contributed by atoms with E-state index in [-0.39, 0.29) is 5.82 Å². The molecule has 132 valence electrons. The number of halogens is 2. The van der Waals surface area contributed by atoms with Crippen molar-refractivity contribution in [2.24, 2.45) is 0 Å². The van der Waals surface area contributed by atoms with E-state index in [9.17, 15) is 4.39 Å². The summed E-state index contributed by atoms with van der Waals surface area (Å²) in [5, 5.41) is 4.55. The molecule has 2 aromatic rings. The van der Waals surface area contributed by atoms with Crippen molar-refractivity contribution in [2.45, 2.75) is 13.5 Å². The number of aryl methyl sites for hydroxylation is 1. The quantitative estimate of drug-likeness (QED) is 0.803. The van der Waals surface area contributed by atoms with Crippen molar-refractivity contribution in [3.8, 4) is 0 Å². The second-order valence-corrected chi connectivity index (χ2v) is 7.09. The summed E-state index contributed by atoms with van der Waals surface area (Å²) >= 11 is 11.7. The van der Waals surface area contributed by atoms with Crippen molar-refractivity contribution < 1.29 is 4.39 Å². The van der Waals surface area contributed by atoms with Crippen LogP contribution in [-0.2, 0) is 6.54 Å². The van der Waals surface area contributed by atoms with Crippen molar-refractivity contribution >= 4 is 34.6 Å². The summed E-state index contributed by atoms with van der Waals surface area (Å²) in [7, 11) is 0. The average molecular weight is 378 g/mol. The molecule has 25 heavy (non-hydrogen) atoms. The molecule has 2 aromatic carbocycles. The number of anilines is 1. The number of thiocarbonyl (C=S) groups is 1. The van der Waals surface area contributed by atoms with Gasteiger partial charge < -0.3 is 10.2 Å². The maximum atomic E-state index is 13.1. The smallest absolute Gasteiger partial charge is 0.173 e. The van der Waals surface area contributed by atoms with Crippen LogP contribution in [0.25, 0.3) is 0 Å². The van der Waals surface area contributed by atoms with Gasteiger partial charge >= 0.3 is 0 Å². The van der Waals surface area contributed by atoms with Gasteiger partial charge in [-0.1, -0.05) is 29.8 Å². The molecule has 1 saturated heterocycles. The molecule has 0 bridgehead atoms. The van der Waals surface area contributed by atoms with E-state index in [0.717, 1.165) is 49.1 Å². The molecule has 0 spiro atoms. The minimum Gasteiger partial charge on any atom is -0.346 e. The molecule has 0 amide bonds. The van der Waals surface area contributed by atoms with Crippen LogP contribution < -0.4 is 5.32 Å². The van der Waals surface area contributed by atoms with E-state index in [4.69, 9.17) is 23.8 Å². The molecule has 0 aromatic heterocycles. The van der Waals surface area contributed by atoms with Gasteiger partial charge in [0.05, 0.1) is 0 Å². The zero-order valence-corrected chi connectivity index (χ0v) is 15.7. The van der Waals surface area contributed by atoms with Gasteiger partial charge in [0, 0.05) is 43.4 Å². The third-order valence-electron chi connectivity index (χ3n) is 4.34. The van der Waals surface area contributed by atoms with E-state index in [1.165, 1.54) is 17.7 Å². The summed E-state index contributed by atoms with van der Waals surface area (Å²) in [4.78, 5) is 4.49. The zero-order chi connectivity index (χ0) is 17.8. The van der Waals surface area contributed by atoms with Crippen molar-refractivity contribution in [1.82, 2.24) is 9.80 Å². The first-order valence-electron chi connectivity index (χ1n) is 8.30. The molecule has 1 heterocycles. The lowest BCUT2D eigenvalue weighted by atomic mass is 10.2. The van der Waals surface area contributed by atoms with Crippen LogP contribution in [0.1, 0.15) is 11.1 Å². The van der Waals surface area contributed by atoms with Gasteiger partial charge in [-0.3, -0.25) is 4.90 Å². The summed E-state index contributed by atoms with van der Waals surface area (Å²) in [6.07, 6.45) is 0. The predicted octanol–water partition coefficient (Wildman–Crippen LogP) is 4.30. The van der Waals surface area contributed by atoms with Gasteiger partial charge in [0.15, 0.2) is 5.11 Å². The number of rotatable bonds is 3. The Hall–Kier alpha value is -1.69. The van der Waals surface area contributed by atoms with Crippen molar-refractivity contribution in [2.75, 3.05) is 31.5 Å². The lowest BCUT2D eigenvalue weighted by molar-refractivity contribution is 0.177. The molecule has 0 radical (unpaired) electrons. The number of piperazine rings is 1. The molecular formula is C19H21ClFN3S. The fourth-order valence-corrected chi connectivity index (χ4v) is 3.45. The maximum absolute atomic E-state index is 13.1. The molecule has 3 nitrogen and oxygen atoms in total. The van der Waals surface area contributed by atoms with Crippen molar-refractivity contribution in [3.05, 3.63) is 64.4 Å². The van der Waals surface area contributed by atoms with Crippen LogP contribution in [0.5, 0.6) is 0 Å². The van der Waals surface area contributed by atoms with Gasteiger partial charge in [-0.25, -0.2) is 4.39 Å². The average Bonchev–Trinajstić information content (AvgIpc) is 2.58. The monoisotopic (exact) mass is 377 g/mol. The van der Waals surface area contributed by atoms with E-state index in [1.54, 1.807) is 6.07 Å². The lowest BCUT2D eigenvalue weighted by Crippen LogP contribution is -2.49. The Morgan fingerprint density at radius 1 is 1.16 bits per heavy atom. The summed E-state index contributed by atoms with van der Waals surface area (Å²) in [6, 6.07) is 12.8. The Morgan fingerprint density at radius 3 is 2.60 bits per heavy atom. The molecule has 0 saturated carbocycles. The molecule has 0 unspecified atom stereocenters. The minimum absolute atomic E-state index is 0.300. The zero-order valence-electron chi connectivity index (χ0n) is 14.1. The van der Waals surface area contributed by atoms with Crippen molar-refractivity contribution in [3.63, 3.8) is 0 Å². The molecular weight excluding hydrogens is 357 g/mol. The Kier molecular flexibility index (Phi) is 5.89. The number of hydrogen-bond donors (Lipinski definition) is 1. The maximum Gasteiger partial charge on any atom is 0.173 e. The van der Waals surface area contributed by atoms with Gasteiger partial charge in [-0.2, -0.15) is 0 Å². The molecule has 0 atom stereocenters. The van der Waals surface area contributed by atoms with Gasteiger partial charge in [-0.05, 0) is 54.5 Å². The molecule has 1 aliphatic rings. The van der Waals surface area contributed by atoms with Crippen LogP contribution in [0.15, 0.2) is 42.5 Å². The number of nitrogens with zero attached hydrogens (tertiary/aromatic N) is 2. The Labute approximate surface area is 158 Å². The highest BCUT2D eigenvalue weighted by Gasteiger charge is 2.19. The fourth-order valence-electron chi connectivity index (χ4n) is 2.93. The second-order valence-electron chi connectivity index (χ2n) is 6.30. The van der Waals surface area contributed by atoms with Crippen LogP contribution in [0.3, 0.4) is 0 Å².